The van der Waals surface area contributed by atoms with Crippen LogP contribution >= 0.6 is 11.8 Å². The number of nitrogens with one attached hydrogen (secondary N) is 1. The minimum absolute atomic E-state index is 0.0335. The van der Waals surface area contributed by atoms with E-state index in [1.54, 1.807) is 29.2 Å². The van der Waals surface area contributed by atoms with Crippen molar-refractivity contribution in [2.24, 2.45) is 4.99 Å². The molecule has 7 nitrogen and oxygen atoms in total. The third-order valence-electron chi connectivity index (χ3n) is 5.27. The van der Waals surface area contributed by atoms with Crippen LogP contribution in [0, 0.1) is 13.8 Å². The molecule has 0 aromatic heterocycles. The van der Waals surface area contributed by atoms with Gasteiger partial charge >= 0.3 is 0 Å². The average molecular weight is 482 g/mol. The summed E-state index contributed by atoms with van der Waals surface area (Å²) in [4.78, 5) is 43.7. The number of carbonyl (C=O) groups excluding carboxylic acids is 3. The highest BCUT2D eigenvalue weighted by Crippen LogP contribution is 2.32. The number of thioether (sulfide) groups is 1. The number of hydrogen-bond donors (Lipinski definition) is 1. The number of benzene rings is 2. The Kier molecular flexibility index (Phi) is 9.01. The Morgan fingerprint density at radius 3 is 2.41 bits per heavy atom. The summed E-state index contributed by atoms with van der Waals surface area (Å²) in [6, 6.07) is 12.7. The van der Waals surface area contributed by atoms with Crippen LogP contribution in [-0.2, 0) is 14.3 Å². The Morgan fingerprint density at radius 1 is 1.12 bits per heavy atom. The molecule has 0 spiro atoms. The van der Waals surface area contributed by atoms with Gasteiger partial charge in [-0.1, -0.05) is 17.8 Å². The van der Waals surface area contributed by atoms with Gasteiger partial charge in [-0.3, -0.25) is 19.3 Å². The van der Waals surface area contributed by atoms with E-state index in [0.29, 0.717) is 42.6 Å². The first-order valence-electron chi connectivity index (χ1n) is 11.4. The molecule has 1 N–H and O–H groups in total. The first kappa shape index (κ1) is 25.6. The summed E-state index contributed by atoms with van der Waals surface area (Å²) in [6.07, 6.45) is 0.721. The van der Waals surface area contributed by atoms with Crippen LogP contribution in [-0.4, -0.2) is 52.7 Å². The first-order chi connectivity index (χ1) is 16.3. The third kappa shape index (κ3) is 7.01. The van der Waals surface area contributed by atoms with E-state index in [1.165, 1.54) is 18.7 Å². The summed E-state index contributed by atoms with van der Waals surface area (Å²) in [5, 5.41) is 2.87. The zero-order valence-electron chi connectivity index (χ0n) is 20.1. The quantitative estimate of drug-likeness (QED) is 0.385. The monoisotopic (exact) mass is 481 g/mol. The smallest absolute Gasteiger partial charge is 0.242 e. The van der Waals surface area contributed by atoms with E-state index in [0.717, 1.165) is 16.8 Å². The van der Waals surface area contributed by atoms with Crippen LogP contribution in [0.2, 0.25) is 0 Å². The molecule has 180 valence electrons. The molecule has 1 fully saturated rings. The van der Waals surface area contributed by atoms with Crippen molar-refractivity contribution in [2.75, 3.05) is 25.1 Å². The molecule has 0 aliphatic carbocycles. The van der Waals surface area contributed by atoms with Crippen LogP contribution in [0.25, 0.3) is 0 Å². The Labute approximate surface area is 205 Å². The van der Waals surface area contributed by atoms with Gasteiger partial charge in [0, 0.05) is 37.4 Å². The van der Waals surface area contributed by atoms with E-state index >= 15 is 0 Å². The minimum Gasteiger partial charge on any atom is -0.382 e. The van der Waals surface area contributed by atoms with Crippen molar-refractivity contribution in [1.82, 2.24) is 4.90 Å². The van der Waals surface area contributed by atoms with Crippen molar-refractivity contribution in [2.45, 2.75) is 45.8 Å². The van der Waals surface area contributed by atoms with Gasteiger partial charge in [0.25, 0.3) is 0 Å². The Bertz CT molecular complexity index is 1060. The number of ketones is 1. The number of carbonyl (C=O) groups is 3. The van der Waals surface area contributed by atoms with Gasteiger partial charge in [0.05, 0.1) is 5.69 Å². The number of aliphatic imine (C=N–C) groups is 1. The van der Waals surface area contributed by atoms with Crippen molar-refractivity contribution >= 4 is 45.9 Å². The first-order valence-corrected chi connectivity index (χ1v) is 12.3. The third-order valence-corrected chi connectivity index (χ3v) is 6.45. The van der Waals surface area contributed by atoms with E-state index in [4.69, 9.17) is 9.73 Å². The normalized spacial score (nSPS) is 16.8. The van der Waals surface area contributed by atoms with Gasteiger partial charge in [-0.05, 0) is 81.6 Å². The molecule has 2 aromatic rings. The lowest BCUT2D eigenvalue weighted by molar-refractivity contribution is -0.128. The highest BCUT2D eigenvalue weighted by atomic mass is 32.2. The number of rotatable bonds is 10. The van der Waals surface area contributed by atoms with Gasteiger partial charge < -0.3 is 10.1 Å². The SMILES string of the molecule is CCOCCCN1C(=O)C(CC(=O)Nc2ccc(C(C)=O)cc2)SC1=Nc1cc(C)cc(C)c1. The number of amidine groups is 1. The molecule has 1 aliphatic rings. The largest absolute Gasteiger partial charge is 0.382 e. The Morgan fingerprint density at radius 2 is 1.79 bits per heavy atom. The number of ether oxygens (including phenoxy) is 1. The van der Waals surface area contributed by atoms with Crippen LogP contribution in [0.1, 0.15) is 48.2 Å². The molecule has 0 bridgehead atoms. The highest BCUT2D eigenvalue weighted by Gasteiger charge is 2.39. The molecular formula is C26H31N3O4S. The zero-order chi connectivity index (χ0) is 24.7. The fourth-order valence-electron chi connectivity index (χ4n) is 3.69. The van der Waals surface area contributed by atoms with Crippen molar-refractivity contribution in [3.8, 4) is 0 Å². The average Bonchev–Trinajstić information content (AvgIpc) is 3.04. The summed E-state index contributed by atoms with van der Waals surface area (Å²) in [7, 11) is 0. The number of anilines is 1. The standard InChI is InChI=1S/C26H31N3O4S/c1-5-33-12-6-11-29-25(32)23(34-26(29)28-22-14-17(2)13-18(3)15-22)16-24(31)27-21-9-7-20(8-10-21)19(4)30/h7-10,13-15,23H,5-6,11-12,16H2,1-4H3,(H,27,31). The van der Waals surface area contributed by atoms with Crippen molar-refractivity contribution in [3.63, 3.8) is 0 Å². The lowest BCUT2D eigenvalue weighted by Crippen LogP contribution is -2.34. The molecule has 0 radical (unpaired) electrons. The molecular weight excluding hydrogens is 450 g/mol. The van der Waals surface area contributed by atoms with E-state index in [-0.39, 0.29) is 24.0 Å². The maximum Gasteiger partial charge on any atom is 0.242 e. The van der Waals surface area contributed by atoms with Crippen molar-refractivity contribution in [3.05, 3.63) is 59.2 Å². The number of amides is 2. The van der Waals surface area contributed by atoms with Crippen molar-refractivity contribution in [1.29, 1.82) is 0 Å². The van der Waals surface area contributed by atoms with E-state index in [9.17, 15) is 14.4 Å². The van der Waals surface area contributed by atoms with Gasteiger partial charge in [0.1, 0.15) is 5.25 Å². The highest BCUT2D eigenvalue weighted by molar-refractivity contribution is 8.15. The molecule has 3 rings (SSSR count). The number of hydrogen-bond acceptors (Lipinski definition) is 6. The van der Waals surface area contributed by atoms with Crippen molar-refractivity contribution < 1.29 is 19.1 Å². The summed E-state index contributed by atoms with van der Waals surface area (Å²) in [6.45, 7) is 9.13. The maximum atomic E-state index is 13.2. The van der Waals surface area contributed by atoms with E-state index in [1.807, 2.05) is 32.9 Å². The Balaban J connectivity index is 1.72. The molecule has 1 saturated heterocycles. The van der Waals surface area contributed by atoms with Gasteiger partial charge in [-0.15, -0.1) is 0 Å². The number of Topliss-reactive ketones (excluding diaryl/α,β-unsaturated/α-hetero) is 1. The summed E-state index contributed by atoms with van der Waals surface area (Å²) >= 11 is 1.32. The second-order valence-corrected chi connectivity index (χ2v) is 9.44. The molecule has 34 heavy (non-hydrogen) atoms. The summed E-state index contributed by atoms with van der Waals surface area (Å²) < 4.78 is 5.42. The molecule has 1 atom stereocenters. The van der Waals surface area contributed by atoms with Gasteiger partial charge in [-0.25, -0.2) is 4.99 Å². The second kappa shape index (κ2) is 11.9. The second-order valence-electron chi connectivity index (χ2n) is 8.27. The zero-order valence-corrected chi connectivity index (χ0v) is 20.9. The van der Waals surface area contributed by atoms with Crippen LogP contribution in [0.5, 0.6) is 0 Å². The lowest BCUT2D eigenvalue weighted by atomic mass is 10.1. The molecule has 2 aromatic carbocycles. The minimum atomic E-state index is -0.548. The van der Waals surface area contributed by atoms with E-state index < -0.39 is 5.25 Å². The molecule has 1 heterocycles. The lowest BCUT2D eigenvalue weighted by Gasteiger charge is -2.16. The van der Waals surface area contributed by atoms with Crippen LogP contribution in [0.15, 0.2) is 47.5 Å². The molecule has 1 unspecified atom stereocenters. The summed E-state index contributed by atoms with van der Waals surface area (Å²) in [5.74, 6) is -0.416. The van der Waals surface area contributed by atoms with Gasteiger partial charge in [-0.2, -0.15) is 0 Å². The Hall–Kier alpha value is -2.97. The molecule has 0 saturated carbocycles. The number of aryl methyl sites for hydroxylation is 2. The van der Waals surface area contributed by atoms with E-state index in [2.05, 4.69) is 11.4 Å². The predicted octanol–water partition coefficient (Wildman–Crippen LogP) is 4.89. The molecule has 2 amide bonds. The van der Waals surface area contributed by atoms with Crippen LogP contribution < -0.4 is 5.32 Å². The van der Waals surface area contributed by atoms with Gasteiger partial charge in [0.15, 0.2) is 11.0 Å². The number of nitrogens with zero attached hydrogens (tertiary/aromatic N) is 2. The fraction of sp³-hybridized carbons (Fsp3) is 0.385. The molecule has 8 heteroatoms. The van der Waals surface area contributed by atoms with Gasteiger partial charge in [0.2, 0.25) is 11.8 Å². The summed E-state index contributed by atoms with van der Waals surface area (Å²) in [5.41, 5.74) is 4.16. The van der Waals surface area contributed by atoms with Crippen LogP contribution in [0.4, 0.5) is 11.4 Å². The topological polar surface area (TPSA) is 88.1 Å². The predicted molar refractivity (Wildman–Crippen MR) is 137 cm³/mol. The fourth-order valence-corrected chi connectivity index (χ4v) is 4.88. The maximum absolute atomic E-state index is 13.2. The molecule has 1 aliphatic heterocycles. The van der Waals surface area contributed by atoms with Crippen LogP contribution in [0.3, 0.4) is 0 Å².